The number of nitrogens with one attached hydrogen (secondary N) is 3. The number of aromatic nitrogens is 5. The summed E-state index contributed by atoms with van der Waals surface area (Å²) in [6.45, 7) is 4.02. The van der Waals surface area contributed by atoms with E-state index >= 15 is 0 Å². The van der Waals surface area contributed by atoms with Crippen LogP contribution in [0.3, 0.4) is 0 Å². The van der Waals surface area contributed by atoms with Crippen LogP contribution in [0.1, 0.15) is 20.3 Å². The highest BCUT2D eigenvalue weighted by Crippen LogP contribution is 2.36. The average molecular weight is 511 g/mol. The molecule has 1 amide bonds. The Labute approximate surface area is 215 Å². The summed E-state index contributed by atoms with van der Waals surface area (Å²) < 4.78 is 13.7. The van der Waals surface area contributed by atoms with Crippen molar-refractivity contribution in [1.82, 2.24) is 25.1 Å². The Bertz CT molecular complexity index is 1770. The van der Waals surface area contributed by atoms with Crippen molar-refractivity contribution in [1.29, 1.82) is 0 Å². The third kappa shape index (κ3) is 4.49. The van der Waals surface area contributed by atoms with Gasteiger partial charge in [0.2, 0.25) is 5.91 Å². The Morgan fingerprint density at radius 2 is 1.84 bits per heavy atom. The van der Waals surface area contributed by atoms with E-state index in [0.717, 1.165) is 66.1 Å². The normalized spacial score (nSPS) is 11.6. The second-order valence-electron chi connectivity index (χ2n) is 9.38. The van der Waals surface area contributed by atoms with E-state index in [0.29, 0.717) is 12.1 Å². The second-order valence-corrected chi connectivity index (χ2v) is 10.4. The maximum atomic E-state index is 13.7. The highest BCUT2D eigenvalue weighted by molar-refractivity contribution is 7.14. The number of nitrogens with zero attached hydrogens (tertiary/aromatic N) is 3. The van der Waals surface area contributed by atoms with E-state index in [1.165, 1.54) is 6.07 Å². The van der Waals surface area contributed by atoms with E-state index in [1.54, 1.807) is 30.9 Å². The number of halogens is 1. The van der Waals surface area contributed by atoms with Crippen LogP contribution in [0.25, 0.3) is 54.8 Å². The molecule has 9 heteroatoms. The molecular weight excluding hydrogens is 487 g/mol. The first-order valence-corrected chi connectivity index (χ1v) is 12.7. The molecule has 0 aliphatic carbocycles. The predicted molar refractivity (Wildman–Crippen MR) is 146 cm³/mol. The number of thiophene rings is 1. The molecule has 0 unspecified atom stereocenters. The molecule has 3 N–H and O–H groups in total. The van der Waals surface area contributed by atoms with Gasteiger partial charge >= 0.3 is 0 Å². The zero-order chi connectivity index (χ0) is 25.5. The van der Waals surface area contributed by atoms with Crippen molar-refractivity contribution in [3.05, 3.63) is 72.4 Å². The number of amides is 1. The molecule has 5 heterocycles. The third-order valence-corrected chi connectivity index (χ3v) is 7.06. The largest absolute Gasteiger partial charge is 0.352 e. The molecule has 6 rings (SSSR count). The van der Waals surface area contributed by atoms with Gasteiger partial charge in [-0.1, -0.05) is 19.9 Å². The summed E-state index contributed by atoms with van der Waals surface area (Å²) in [5.74, 6) is 0.250. The number of H-pyrrole nitrogens is 2. The number of carbonyl (C=O) groups is 1. The fourth-order valence-electron chi connectivity index (χ4n) is 4.48. The van der Waals surface area contributed by atoms with Crippen molar-refractivity contribution in [2.45, 2.75) is 20.3 Å². The standard InChI is InChI=1S/C28H23FN6OS/c1-15(2)7-27(36)32-18-8-17(11-30-12-18)16-3-4-22-20(9-16)28(35-34-22)23-10-19-21(13-31-14-24(19)33-23)25-5-6-26(29)37-25/h3-6,8-15,33H,7H2,1-2H3,(H,32,36)(H,34,35). The lowest BCUT2D eigenvalue weighted by Crippen LogP contribution is -2.13. The maximum Gasteiger partial charge on any atom is 0.224 e. The smallest absolute Gasteiger partial charge is 0.224 e. The lowest BCUT2D eigenvalue weighted by Gasteiger charge is -2.09. The minimum Gasteiger partial charge on any atom is -0.352 e. The number of rotatable bonds is 6. The van der Waals surface area contributed by atoms with Gasteiger partial charge in [0.15, 0.2) is 5.13 Å². The molecule has 0 fully saturated rings. The summed E-state index contributed by atoms with van der Waals surface area (Å²) in [4.78, 5) is 25.1. The first-order chi connectivity index (χ1) is 17.9. The number of pyridine rings is 2. The zero-order valence-corrected chi connectivity index (χ0v) is 21.0. The molecule has 0 aliphatic heterocycles. The quantitative estimate of drug-likeness (QED) is 0.224. The van der Waals surface area contributed by atoms with E-state index in [4.69, 9.17) is 0 Å². The summed E-state index contributed by atoms with van der Waals surface area (Å²) >= 11 is 1.10. The van der Waals surface area contributed by atoms with Gasteiger partial charge in [-0.2, -0.15) is 9.49 Å². The van der Waals surface area contributed by atoms with Crippen LogP contribution in [0.4, 0.5) is 10.1 Å². The molecule has 0 bridgehead atoms. The van der Waals surface area contributed by atoms with Gasteiger partial charge in [0.25, 0.3) is 0 Å². The van der Waals surface area contributed by atoms with E-state index < -0.39 is 0 Å². The van der Waals surface area contributed by atoms with Crippen LogP contribution in [-0.2, 0) is 4.79 Å². The highest BCUT2D eigenvalue weighted by atomic mass is 32.1. The molecule has 0 aliphatic rings. The summed E-state index contributed by atoms with van der Waals surface area (Å²) in [7, 11) is 0. The van der Waals surface area contributed by atoms with E-state index in [9.17, 15) is 9.18 Å². The molecule has 6 aromatic rings. The van der Waals surface area contributed by atoms with E-state index in [-0.39, 0.29) is 17.0 Å². The first kappa shape index (κ1) is 23.1. The fraction of sp³-hybridized carbons (Fsp3) is 0.143. The van der Waals surface area contributed by atoms with Crippen molar-refractivity contribution >= 4 is 44.7 Å². The van der Waals surface area contributed by atoms with Crippen molar-refractivity contribution in [3.8, 4) is 33.0 Å². The molecule has 1 aromatic carbocycles. The van der Waals surface area contributed by atoms with Crippen molar-refractivity contribution in [3.63, 3.8) is 0 Å². The molecule has 0 saturated carbocycles. The van der Waals surface area contributed by atoms with Crippen LogP contribution in [-0.4, -0.2) is 31.1 Å². The van der Waals surface area contributed by atoms with Crippen LogP contribution >= 0.6 is 11.3 Å². The van der Waals surface area contributed by atoms with Gasteiger partial charge in [0.1, 0.15) is 5.69 Å². The second kappa shape index (κ2) is 9.25. The van der Waals surface area contributed by atoms with Gasteiger partial charge in [0, 0.05) is 45.6 Å². The lowest BCUT2D eigenvalue weighted by atomic mass is 10.0. The maximum absolute atomic E-state index is 13.7. The molecule has 0 atom stereocenters. The molecule has 0 radical (unpaired) electrons. The minimum absolute atomic E-state index is 0.0283. The SMILES string of the molecule is CC(C)CC(=O)Nc1cncc(-c2ccc3[nH]nc(-c4cc5c(-c6ccc(F)s6)cncc5[nH]4)c3c2)c1. The summed E-state index contributed by atoms with van der Waals surface area (Å²) in [6, 6.07) is 13.2. The summed E-state index contributed by atoms with van der Waals surface area (Å²) in [5, 5.41) is 12.3. The molecule has 37 heavy (non-hydrogen) atoms. The average Bonchev–Trinajstić information content (AvgIpc) is 3.60. The predicted octanol–water partition coefficient (Wildman–Crippen LogP) is 7.02. The van der Waals surface area contributed by atoms with Crippen LogP contribution < -0.4 is 5.32 Å². The summed E-state index contributed by atoms with van der Waals surface area (Å²) in [6.07, 6.45) is 7.40. The van der Waals surface area contributed by atoms with Crippen molar-refractivity contribution in [2.24, 2.45) is 5.92 Å². The first-order valence-electron chi connectivity index (χ1n) is 11.9. The van der Waals surface area contributed by atoms with Crippen LogP contribution in [0, 0.1) is 11.0 Å². The van der Waals surface area contributed by atoms with Gasteiger partial charge in [-0.25, -0.2) is 0 Å². The fourth-order valence-corrected chi connectivity index (χ4v) is 5.24. The van der Waals surface area contributed by atoms with Gasteiger partial charge in [-0.3, -0.25) is 19.9 Å². The minimum atomic E-state index is -0.230. The number of anilines is 1. The number of hydrogen-bond acceptors (Lipinski definition) is 5. The number of hydrogen-bond donors (Lipinski definition) is 3. The number of fused-ring (bicyclic) bond motifs is 2. The molecule has 5 aromatic heterocycles. The van der Waals surface area contributed by atoms with Gasteiger partial charge in [-0.15, -0.1) is 11.3 Å². The van der Waals surface area contributed by atoms with Gasteiger partial charge < -0.3 is 10.3 Å². The van der Waals surface area contributed by atoms with Crippen LogP contribution in [0.15, 0.2) is 67.3 Å². The van der Waals surface area contributed by atoms with E-state index in [1.807, 2.05) is 38.1 Å². The Morgan fingerprint density at radius 1 is 0.973 bits per heavy atom. The third-order valence-electron chi connectivity index (χ3n) is 6.15. The Hall–Kier alpha value is -4.37. The van der Waals surface area contributed by atoms with Gasteiger partial charge in [-0.05, 0) is 47.9 Å². The molecule has 0 saturated heterocycles. The topological polar surface area (TPSA) is 99.3 Å². The molecular formula is C28H23FN6OS. The number of aromatic amines is 2. The Balaban J connectivity index is 1.38. The lowest BCUT2D eigenvalue weighted by molar-refractivity contribution is -0.116. The number of benzene rings is 1. The highest BCUT2D eigenvalue weighted by Gasteiger charge is 2.16. The number of carbonyl (C=O) groups excluding carboxylic acids is 1. The van der Waals surface area contributed by atoms with Crippen LogP contribution in [0.5, 0.6) is 0 Å². The van der Waals surface area contributed by atoms with Crippen molar-refractivity contribution in [2.75, 3.05) is 5.32 Å². The van der Waals surface area contributed by atoms with Gasteiger partial charge in [0.05, 0.1) is 34.8 Å². The van der Waals surface area contributed by atoms with Crippen LogP contribution in [0.2, 0.25) is 0 Å². The van der Waals surface area contributed by atoms with Crippen molar-refractivity contribution < 1.29 is 9.18 Å². The van der Waals surface area contributed by atoms with E-state index in [2.05, 4.69) is 36.5 Å². The molecule has 184 valence electrons. The Morgan fingerprint density at radius 3 is 2.65 bits per heavy atom. The molecule has 7 nitrogen and oxygen atoms in total. The summed E-state index contributed by atoms with van der Waals surface area (Å²) in [5.41, 5.74) is 6.72. The monoisotopic (exact) mass is 510 g/mol. The Kier molecular flexibility index (Phi) is 5.77. The molecule has 0 spiro atoms. The zero-order valence-electron chi connectivity index (χ0n) is 20.2.